The molecule has 3 atom stereocenters. The second-order valence-electron chi connectivity index (χ2n) is 5.27. The zero-order chi connectivity index (χ0) is 9.47. The van der Waals surface area contributed by atoms with Gasteiger partial charge in [-0.05, 0) is 30.6 Å². The van der Waals surface area contributed by atoms with Crippen molar-refractivity contribution in [1.29, 1.82) is 0 Å². The van der Waals surface area contributed by atoms with Gasteiger partial charge >= 0.3 is 0 Å². The summed E-state index contributed by atoms with van der Waals surface area (Å²) in [4.78, 5) is 0. The summed E-state index contributed by atoms with van der Waals surface area (Å²) < 4.78 is 0. The van der Waals surface area contributed by atoms with Gasteiger partial charge in [-0.1, -0.05) is 32.9 Å². The third-order valence-electron chi connectivity index (χ3n) is 3.99. The Labute approximate surface area is 81.6 Å². The molecule has 0 radical (unpaired) electrons. The van der Waals surface area contributed by atoms with E-state index in [2.05, 4.69) is 38.2 Å². The van der Waals surface area contributed by atoms with Gasteiger partial charge in [0.05, 0.1) is 0 Å². The van der Waals surface area contributed by atoms with Gasteiger partial charge in [-0.3, -0.25) is 0 Å². The minimum atomic E-state index is 0.423. The van der Waals surface area contributed by atoms with Crippen LogP contribution in [0.4, 0.5) is 0 Å². The maximum atomic E-state index is 3.68. The van der Waals surface area contributed by atoms with Crippen molar-refractivity contribution in [3.05, 3.63) is 12.2 Å². The third kappa shape index (κ3) is 1.67. The van der Waals surface area contributed by atoms with Gasteiger partial charge < -0.3 is 5.32 Å². The van der Waals surface area contributed by atoms with Crippen LogP contribution in [0.15, 0.2) is 12.2 Å². The molecule has 0 aromatic heterocycles. The standard InChI is InChI=1S/C12H21N/c1-9(2)12(3)7-6-10-4-5-11(8-12)13-10/h6-7,9-11,13H,4-5,8H2,1-3H3. The molecule has 0 aliphatic carbocycles. The number of allylic oxidation sites excluding steroid dienone is 1. The second-order valence-corrected chi connectivity index (χ2v) is 5.27. The highest BCUT2D eigenvalue weighted by atomic mass is 15.0. The summed E-state index contributed by atoms with van der Waals surface area (Å²) in [5.74, 6) is 0.755. The van der Waals surface area contributed by atoms with Crippen LogP contribution in [0.5, 0.6) is 0 Å². The predicted molar refractivity (Wildman–Crippen MR) is 56.6 cm³/mol. The van der Waals surface area contributed by atoms with Crippen LogP contribution in [-0.2, 0) is 0 Å². The van der Waals surface area contributed by atoms with Crippen LogP contribution < -0.4 is 5.32 Å². The molecule has 1 fully saturated rings. The van der Waals surface area contributed by atoms with Crippen molar-refractivity contribution in [2.75, 3.05) is 0 Å². The number of fused-ring (bicyclic) bond motifs is 2. The molecule has 2 heterocycles. The lowest BCUT2D eigenvalue weighted by Crippen LogP contribution is -2.31. The van der Waals surface area contributed by atoms with E-state index in [1.807, 2.05) is 0 Å². The normalized spacial score (nSPS) is 44.0. The van der Waals surface area contributed by atoms with Crippen molar-refractivity contribution in [2.24, 2.45) is 11.3 Å². The minimum absolute atomic E-state index is 0.423. The molecule has 1 N–H and O–H groups in total. The first-order valence-corrected chi connectivity index (χ1v) is 5.55. The molecule has 0 spiro atoms. The highest BCUT2D eigenvalue weighted by Gasteiger charge is 2.35. The first kappa shape index (κ1) is 9.26. The van der Waals surface area contributed by atoms with E-state index in [-0.39, 0.29) is 0 Å². The molecule has 1 saturated heterocycles. The molecule has 0 aromatic carbocycles. The largest absolute Gasteiger partial charge is 0.308 e. The van der Waals surface area contributed by atoms with E-state index in [4.69, 9.17) is 0 Å². The van der Waals surface area contributed by atoms with E-state index in [9.17, 15) is 0 Å². The van der Waals surface area contributed by atoms with Crippen molar-refractivity contribution >= 4 is 0 Å². The molecular weight excluding hydrogens is 158 g/mol. The Balaban J connectivity index is 2.19. The van der Waals surface area contributed by atoms with Crippen LogP contribution in [0.3, 0.4) is 0 Å². The van der Waals surface area contributed by atoms with Crippen LogP contribution in [0.25, 0.3) is 0 Å². The van der Waals surface area contributed by atoms with E-state index < -0.39 is 0 Å². The lowest BCUT2D eigenvalue weighted by Gasteiger charge is -2.32. The molecule has 1 nitrogen and oxygen atoms in total. The quantitative estimate of drug-likeness (QED) is 0.610. The average molecular weight is 179 g/mol. The number of hydrogen-bond acceptors (Lipinski definition) is 1. The van der Waals surface area contributed by atoms with Gasteiger partial charge in [-0.15, -0.1) is 0 Å². The van der Waals surface area contributed by atoms with Crippen molar-refractivity contribution in [3.8, 4) is 0 Å². The van der Waals surface area contributed by atoms with Crippen LogP contribution in [-0.4, -0.2) is 12.1 Å². The number of nitrogens with one attached hydrogen (secondary N) is 1. The summed E-state index contributed by atoms with van der Waals surface area (Å²) in [7, 11) is 0. The van der Waals surface area contributed by atoms with Gasteiger partial charge in [-0.25, -0.2) is 0 Å². The summed E-state index contributed by atoms with van der Waals surface area (Å²) in [6.07, 6.45) is 8.88. The zero-order valence-electron chi connectivity index (χ0n) is 9.01. The monoisotopic (exact) mass is 179 g/mol. The SMILES string of the molecule is CC(C)C1(C)C=CC2CCC(C1)N2. The zero-order valence-corrected chi connectivity index (χ0v) is 9.01. The molecule has 0 amide bonds. The molecule has 2 aliphatic heterocycles. The average Bonchev–Trinajstić information content (AvgIpc) is 2.39. The molecule has 2 rings (SSSR count). The van der Waals surface area contributed by atoms with E-state index in [0.717, 1.165) is 12.0 Å². The topological polar surface area (TPSA) is 12.0 Å². The fourth-order valence-electron chi connectivity index (χ4n) is 2.53. The van der Waals surface area contributed by atoms with Crippen molar-refractivity contribution in [2.45, 2.75) is 52.1 Å². The first-order valence-electron chi connectivity index (χ1n) is 5.55. The highest BCUT2D eigenvalue weighted by Crippen LogP contribution is 2.38. The molecule has 0 aromatic rings. The van der Waals surface area contributed by atoms with Gasteiger partial charge in [0.2, 0.25) is 0 Å². The lowest BCUT2D eigenvalue weighted by atomic mass is 9.73. The molecule has 2 bridgehead atoms. The summed E-state index contributed by atoms with van der Waals surface area (Å²) >= 11 is 0. The van der Waals surface area contributed by atoms with E-state index in [0.29, 0.717) is 11.5 Å². The number of rotatable bonds is 1. The van der Waals surface area contributed by atoms with Crippen molar-refractivity contribution in [1.82, 2.24) is 5.32 Å². The summed E-state index contributed by atoms with van der Waals surface area (Å²) in [6, 6.07) is 1.44. The molecule has 2 aliphatic rings. The Bertz CT molecular complexity index is 219. The van der Waals surface area contributed by atoms with E-state index >= 15 is 0 Å². The first-order chi connectivity index (χ1) is 6.10. The van der Waals surface area contributed by atoms with Crippen molar-refractivity contribution < 1.29 is 0 Å². The molecule has 1 heteroatoms. The Hall–Kier alpha value is -0.300. The minimum Gasteiger partial charge on any atom is -0.308 e. The van der Waals surface area contributed by atoms with Gasteiger partial charge in [0, 0.05) is 12.1 Å². The van der Waals surface area contributed by atoms with Crippen molar-refractivity contribution in [3.63, 3.8) is 0 Å². The molecule has 13 heavy (non-hydrogen) atoms. The van der Waals surface area contributed by atoms with E-state index in [1.165, 1.54) is 19.3 Å². The maximum absolute atomic E-state index is 3.68. The van der Waals surface area contributed by atoms with Crippen LogP contribution >= 0.6 is 0 Å². The second kappa shape index (κ2) is 3.13. The summed E-state index contributed by atoms with van der Waals surface area (Å²) in [6.45, 7) is 7.07. The summed E-state index contributed by atoms with van der Waals surface area (Å²) in [5, 5.41) is 3.68. The molecule has 3 unspecified atom stereocenters. The smallest absolute Gasteiger partial charge is 0.0253 e. The fraction of sp³-hybridized carbons (Fsp3) is 0.833. The Morgan fingerprint density at radius 3 is 2.85 bits per heavy atom. The van der Waals surface area contributed by atoms with Gasteiger partial charge in [0.15, 0.2) is 0 Å². The fourth-order valence-corrected chi connectivity index (χ4v) is 2.53. The van der Waals surface area contributed by atoms with Gasteiger partial charge in [0.25, 0.3) is 0 Å². The van der Waals surface area contributed by atoms with Crippen LogP contribution in [0, 0.1) is 11.3 Å². The highest BCUT2D eigenvalue weighted by molar-refractivity contribution is 5.11. The third-order valence-corrected chi connectivity index (χ3v) is 3.99. The predicted octanol–water partition coefficient (Wildman–Crippen LogP) is 2.73. The Morgan fingerprint density at radius 2 is 2.15 bits per heavy atom. The maximum Gasteiger partial charge on any atom is 0.0253 e. The Morgan fingerprint density at radius 1 is 1.38 bits per heavy atom. The number of hydrogen-bond donors (Lipinski definition) is 1. The van der Waals surface area contributed by atoms with Crippen LogP contribution in [0.2, 0.25) is 0 Å². The molecule has 74 valence electrons. The van der Waals surface area contributed by atoms with E-state index in [1.54, 1.807) is 0 Å². The lowest BCUT2D eigenvalue weighted by molar-refractivity contribution is 0.249. The van der Waals surface area contributed by atoms with Gasteiger partial charge in [0.1, 0.15) is 0 Å². The summed E-state index contributed by atoms with van der Waals surface area (Å²) in [5.41, 5.74) is 0.423. The van der Waals surface area contributed by atoms with Crippen LogP contribution in [0.1, 0.15) is 40.0 Å². The molecule has 0 saturated carbocycles. The Kier molecular flexibility index (Phi) is 2.23. The molecular formula is C12H21N. The van der Waals surface area contributed by atoms with Gasteiger partial charge in [-0.2, -0.15) is 0 Å².